The minimum absolute atomic E-state index is 0. The molecule has 0 aliphatic carbocycles. The normalized spacial score (nSPS) is 24.9. The van der Waals surface area contributed by atoms with E-state index in [0.29, 0.717) is 23.8 Å². The van der Waals surface area contributed by atoms with Gasteiger partial charge in [0.2, 0.25) is 0 Å². The maximum atomic E-state index is 4.49. The number of nitrogens with zero attached hydrogens (tertiary/aromatic N) is 4. The van der Waals surface area contributed by atoms with Crippen LogP contribution in [0.3, 0.4) is 0 Å². The maximum Gasteiger partial charge on any atom is 0.151 e. The van der Waals surface area contributed by atoms with Crippen LogP contribution in [0.1, 0.15) is 37.1 Å². The molecular formula is C20H28Cl2N4. The predicted molar refractivity (Wildman–Crippen MR) is 112 cm³/mol. The molecule has 1 aromatic carbocycles. The van der Waals surface area contributed by atoms with Crippen molar-refractivity contribution in [1.82, 2.24) is 15.1 Å². The third-order valence-electron chi connectivity index (χ3n) is 5.62. The van der Waals surface area contributed by atoms with Gasteiger partial charge in [-0.3, -0.25) is 4.90 Å². The van der Waals surface area contributed by atoms with Crippen LogP contribution in [0.4, 0.5) is 5.82 Å². The summed E-state index contributed by atoms with van der Waals surface area (Å²) in [7, 11) is 2.26. The first-order chi connectivity index (χ1) is 11.6. The second-order valence-electron chi connectivity index (χ2n) is 7.60. The van der Waals surface area contributed by atoms with Gasteiger partial charge in [-0.1, -0.05) is 44.2 Å². The topological polar surface area (TPSA) is 32.3 Å². The minimum atomic E-state index is 0. The number of fused-ring (bicyclic) bond motifs is 1. The highest BCUT2D eigenvalue weighted by Gasteiger charge is 2.46. The first-order valence-electron chi connectivity index (χ1n) is 8.97. The summed E-state index contributed by atoms with van der Waals surface area (Å²) < 4.78 is 0. The van der Waals surface area contributed by atoms with Crippen molar-refractivity contribution in [2.24, 2.45) is 11.8 Å². The summed E-state index contributed by atoms with van der Waals surface area (Å²) in [6.45, 7) is 7.64. The fourth-order valence-electron chi connectivity index (χ4n) is 4.41. The second kappa shape index (κ2) is 8.55. The number of hydrogen-bond donors (Lipinski definition) is 0. The van der Waals surface area contributed by atoms with E-state index >= 15 is 0 Å². The largest absolute Gasteiger partial charge is 0.354 e. The van der Waals surface area contributed by atoms with Crippen molar-refractivity contribution in [3.8, 4) is 0 Å². The molecule has 0 N–H and O–H groups in total. The quantitative estimate of drug-likeness (QED) is 0.781. The fourth-order valence-corrected chi connectivity index (χ4v) is 4.41. The molecule has 26 heavy (non-hydrogen) atoms. The molecule has 2 saturated heterocycles. The molecule has 0 bridgehead atoms. The molecule has 2 aromatic rings. The maximum absolute atomic E-state index is 4.49. The zero-order valence-corrected chi connectivity index (χ0v) is 17.2. The van der Waals surface area contributed by atoms with Gasteiger partial charge in [-0.05, 0) is 36.6 Å². The lowest BCUT2D eigenvalue weighted by molar-refractivity contribution is 0.279. The highest BCUT2D eigenvalue weighted by Crippen LogP contribution is 2.44. The molecule has 4 rings (SSSR count). The van der Waals surface area contributed by atoms with Crippen LogP contribution in [0.2, 0.25) is 0 Å². The monoisotopic (exact) mass is 394 g/mol. The highest BCUT2D eigenvalue weighted by atomic mass is 35.5. The van der Waals surface area contributed by atoms with Crippen molar-refractivity contribution in [1.29, 1.82) is 0 Å². The number of anilines is 1. The van der Waals surface area contributed by atoms with Gasteiger partial charge in [-0.25, -0.2) is 0 Å². The summed E-state index contributed by atoms with van der Waals surface area (Å²) in [6, 6.07) is 15.7. The molecule has 2 aliphatic heterocycles. The van der Waals surface area contributed by atoms with Crippen LogP contribution in [0.5, 0.6) is 0 Å². The Morgan fingerprint density at radius 1 is 0.923 bits per heavy atom. The average molecular weight is 395 g/mol. The molecular weight excluding hydrogens is 367 g/mol. The Bertz CT molecular complexity index is 693. The predicted octanol–water partition coefficient (Wildman–Crippen LogP) is 4.18. The van der Waals surface area contributed by atoms with Crippen molar-refractivity contribution in [3.05, 3.63) is 53.7 Å². The van der Waals surface area contributed by atoms with Gasteiger partial charge in [-0.15, -0.1) is 29.9 Å². The summed E-state index contributed by atoms with van der Waals surface area (Å²) >= 11 is 0. The Kier molecular flexibility index (Phi) is 6.89. The Morgan fingerprint density at radius 3 is 2.27 bits per heavy atom. The van der Waals surface area contributed by atoms with E-state index in [0.717, 1.165) is 31.1 Å². The average Bonchev–Trinajstić information content (AvgIpc) is 3.12. The third-order valence-corrected chi connectivity index (χ3v) is 5.62. The number of aromatic nitrogens is 2. The SMILES string of the molecule is CC(C)c1ccc(N2C[C@@H]3CN(C)[C@@H](c4ccccc4)[C@@H]3C2)nn1.Cl.Cl. The van der Waals surface area contributed by atoms with Crippen molar-refractivity contribution in [2.45, 2.75) is 25.8 Å². The molecule has 0 saturated carbocycles. The molecule has 3 atom stereocenters. The Balaban J connectivity index is 0.00000121. The highest BCUT2D eigenvalue weighted by molar-refractivity contribution is 5.85. The van der Waals surface area contributed by atoms with Gasteiger partial charge in [0.05, 0.1) is 5.69 Å². The molecule has 2 fully saturated rings. The molecule has 0 unspecified atom stereocenters. The molecule has 1 aromatic heterocycles. The van der Waals surface area contributed by atoms with E-state index < -0.39 is 0 Å². The van der Waals surface area contributed by atoms with Crippen LogP contribution >= 0.6 is 24.8 Å². The molecule has 0 radical (unpaired) electrons. The van der Waals surface area contributed by atoms with Crippen LogP contribution in [-0.2, 0) is 0 Å². The van der Waals surface area contributed by atoms with E-state index in [2.05, 4.69) is 83.4 Å². The van der Waals surface area contributed by atoms with Crippen LogP contribution in [0.25, 0.3) is 0 Å². The van der Waals surface area contributed by atoms with Gasteiger partial charge >= 0.3 is 0 Å². The molecule has 142 valence electrons. The zero-order chi connectivity index (χ0) is 16.7. The van der Waals surface area contributed by atoms with Crippen molar-refractivity contribution >= 4 is 30.6 Å². The van der Waals surface area contributed by atoms with Crippen LogP contribution in [-0.4, -0.2) is 41.8 Å². The Morgan fingerprint density at radius 2 is 1.65 bits per heavy atom. The van der Waals surface area contributed by atoms with Gasteiger partial charge in [0, 0.05) is 31.6 Å². The first-order valence-corrected chi connectivity index (χ1v) is 8.97. The molecule has 0 amide bonds. The van der Waals surface area contributed by atoms with Crippen molar-refractivity contribution < 1.29 is 0 Å². The summed E-state index contributed by atoms with van der Waals surface area (Å²) in [5.74, 6) is 2.85. The molecule has 4 nitrogen and oxygen atoms in total. The first kappa shape index (κ1) is 20.9. The van der Waals surface area contributed by atoms with E-state index in [1.54, 1.807) is 0 Å². The third kappa shape index (κ3) is 3.83. The van der Waals surface area contributed by atoms with E-state index in [1.165, 1.54) is 5.56 Å². The lowest BCUT2D eigenvalue weighted by atomic mass is 9.90. The summed E-state index contributed by atoms with van der Waals surface area (Å²) in [4.78, 5) is 4.95. The molecule has 3 heterocycles. The number of halogens is 2. The number of likely N-dealkylation sites (tertiary alicyclic amines) is 1. The van der Waals surface area contributed by atoms with Crippen molar-refractivity contribution in [3.63, 3.8) is 0 Å². The standard InChI is InChI=1S/C20H26N4.2ClH/c1-14(2)18-9-10-19(22-21-18)24-12-16-11-23(3)20(17(16)13-24)15-7-5-4-6-8-15;;/h4-10,14,16-17,20H,11-13H2,1-3H3;2*1H/t16-,17+,20-;;/m0../s1. The van der Waals surface area contributed by atoms with E-state index in [-0.39, 0.29) is 24.8 Å². The van der Waals surface area contributed by atoms with E-state index in [4.69, 9.17) is 0 Å². The van der Waals surface area contributed by atoms with Gasteiger partial charge < -0.3 is 4.90 Å². The lowest BCUT2D eigenvalue weighted by Gasteiger charge is -2.27. The minimum Gasteiger partial charge on any atom is -0.354 e. The van der Waals surface area contributed by atoms with Gasteiger partial charge in [0.15, 0.2) is 5.82 Å². The smallest absolute Gasteiger partial charge is 0.151 e. The Hall–Kier alpha value is -1.36. The summed E-state index contributed by atoms with van der Waals surface area (Å²) in [5, 5.41) is 8.90. The van der Waals surface area contributed by atoms with Crippen LogP contribution < -0.4 is 4.90 Å². The van der Waals surface area contributed by atoms with Gasteiger partial charge in [0.25, 0.3) is 0 Å². The van der Waals surface area contributed by atoms with E-state index in [9.17, 15) is 0 Å². The number of benzene rings is 1. The fraction of sp³-hybridized carbons (Fsp3) is 0.500. The number of hydrogen-bond acceptors (Lipinski definition) is 4. The van der Waals surface area contributed by atoms with Crippen molar-refractivity contribution in [2.75, 3.05) is 31.6 Å². The Labute approximate surface area is 168 Å². The number of rotatable bonds is 3. The second-order valence-corrected chi connectivity index (χ2v) is 7.60. The van der Waals surface area contributed by atoms with Gasteiger partial charge in [0.1, 0.15) is 0 Å². The van der Waals surface area contributed by atoms with Gasteiger partial charge in [-0.2, -0.15) is 5.10 Å². The molecule has 6 heteroatoms. The summed E-state index contributed by atoms with van der Waals surface area (Å²) in [6.07, 6.45) is 0. The zero-order valence-electron chi connectivity index (χ0n) is 15.6. The summed E-state index contributed by atoms with van der Waals surface area (Å²) in [5.41, 5.74) is 2.51. The van der Waals surface area contributed by atoms with Crippen LogP contribution in [0.15, 0.2) is 42.5 Å². The van der Waals surface area contributed by atoms with Crippen LogP contribution in [0, 0.1) is 11.8 Å². The van der Waals surface area contributed by atoms with E-state index in [1.807, 2.05) is 0 Å². The molecule has 0 spiro atoms. The lowest BCUT2D eigenvalue weighted by Crippen LogP contribution is -2.29. The molecule has 2 aliphatic rings.